The van der Waals surface area contributed by atoms with E-state index in [0.717, 1.165) is 11.4 Å². The van der Waals surface area contributed by atoms with Crippen LogP contribution >= 0.6 is 11.3 Å². The standard InChI is InChI=1S/C54H36N2S/c1-2-13-37(14-3-1)39-29-33-42(34-30-39)55(51-22-12-24-53-54(51)47-18-7-11-23-52(47)57-53)43-35-31-40(32-36-43)38-25-27-41(28-26-38)44-15-4-8-19-48(44)56-49-20-9-5-16-45(49)46-17-6-10-21-50(46)56/h1-36H. The Bertz CT molecular complexity index is 3160. The molecular formula is C54H36N2S. The van der Waals surface area contributed by atoms with E-state index in [1.165, 1.54) is 86.7 Å². The van der Waals surface area contributed by atoms with Crippen LogP contribution in [-0.4, -0.2) is 4.57 Å². The molecule has 0 N–H and O–H groups in total. The molecule has 2 heterocycles. The molecule has 11 aromatic rings. The summed E-state index contributed by atoms with van der Waals surface area (Å²) >= 11 is 1.86. The van der Waals surface area contributed by atoms with Crippen molar-refractivity contribution in [1.82, 2.24) is 4.57 Å². The van der Waals surface area contributed by atoms with Gasteiger partial charge in [0.15, 0.2) is 0 Å². The van der Waals surface area contributed by atoms with Gasteiger partial charge in [0.25, 0.3) is 0 Å². The van der Waals surface area contributed by atoms with Crippen LogP contribution in [0.5, 0.6) is 0 Å². The number of fused-ring (bicyclic) bond motifs is 6. The van der Waals surface area contributed by atoms with Crippen LogP contribution < -0.4 is 4.90 Å². The Balaban J connectivity index is 0.971. The first-order chi connectivity index (χ1) is 28.3. The smallest absolute Gasteiger partial charge is 0.0554 e. The lowest BCUT2D eigenvalue weighted by Crippen LogP contribution is -2.10. The monoisotopic (exact) mass is 744 g/mol. The molecule has 3 heteroatoms. The SMILES string of the molecule is c1ccc(-c2ccc(N(c3ccc(-c4ccc(-c5ccccc5-n5c6ccccc6c6ccccc65)cc4)cc3)c3cccc4sc5ccccc5c34)cc2)cc1. The van der Waals surface area contributed by atoms with Gasteiger partial charge in [0.1, 0.15) is 0 Å². The summed E-state index contributed by atoms with van der Waals surface area (Å²) in [7, 11) is 0. The van der Waals surface area contributed by atoms with Crippen LogP contribution in [-0.2, 0) is 0 Å². The van der Waals surface area contributed by atoms with E-state index in [1.54, 1.807) is 0 Å². The second kappa shape index (κ2) is 13.8. The fraction of sp³-hybridized carbons (Fsp3) is 0. The van der Waals surface area contributed by atoms with Gasteiger partial charge in [0, 0.05) is 47.9 Å². The van der Waals surface area contributed by atoms with Gasteiger partial charge in [-0.1, -0.05) is 158 Å². The Morgan fingerprint density at radius 3 is 1.46 bits per heavy atom. The molecule has 0 spiro atoms. The quantitative estimate of drug-likeness (QED) is 0.158. The Labute approximate surface area is 335 Å². The van der Waals surface area contributed by atoms with Crippen LogP contribution in [0.25, 0.3) is 81.0 Å². The number of para-hydroxylation sites is 3. The average Bonchev–Trinajstić information content (AvgIpc) is 3.84. The van der Waals surface area contributed by atoms with Crippen molar-refractivity contribution in [2.75, 3.05) is 4.90 Å². The second-order valence-corrected chi connectivity index (χ2v) is 15.6. The van der Waals surface area contributed by atoms with Crippen molar-refractivity contribution in [1.29, 1.82) is 0 Å². The third-order valence-electron chi connectivity index (χ3n) is 11.2. The number of anilines is 3. The molecule has 0 amide bonds. The molecule has 0 atom stereocenters. The number of benzene rings is 9. The topological polar surface area (TPSA) is 8.17 Å². The van der Waals surface area contributed by atoms with Crippen LogP contribution in [0.2, 0.25) is 0 Å². The van der Waals surface area contributed by atoms with Crippen molar-refractivity contribution in [3.05, 3.63) is 218 Å². The molecule has 2 aromatic heterocycles. The molecule has 11 rings (SSSR count). The van der Waals surface area contributed by atoms with Gasteiger partial charge in [-0.05, 0) is 88.5 Å². The minimum Gasteiger partial charge on any atom is -0.310 e. The summed E-state index contributed by atoms with van der Waals surface area (Å²) < 4.78 is 5.00. The van der Waals surface area contributed by atoms with E-state index in [9.17, 15) is 0 Å². The van der Waals surface area contributed by atoms with Gasteiger partial charge in [0.05, 0.1) is 22.4 Å². The van der Waals surface area contributed by atoms with Gasteiger partial charge in [-0.25, -0.2) is 0 Å². The number of hydrogen-bond acceptors (Lipinski definition) is 2. The van der Waals surface area contributed by atoms with Crippen LogP contribution in [0.1, 0.15) is 0 Å². The van der Waals surface area contributed by atoms with E-state index in [1.807, 2.05) is 11.3 Å². The van der Waals surface area contributed by atoms with Crippen LogP contribution in [0.4, 0.5) is 17.1 Å². The van der Waals surface area contributed by atoms with Gasteiger partial charge in [-0.2, -0.15) is 0 Å². The summed E-state index contributed by atoms with van der Waals surface area (Å²) in [5, 5.41) is 5.11. The molecule has 0 saturated heterocycles. The largest absolute Gasteiger partial charge is 0.310 e. The Morgan fingerprint density at radius 2 is 0.807 bits per heavy atom. The Hall–Kier alpha value is -7.20. The van der Waals surface area contributed by atoms with Crippen molar-refractivity contribution < 1.29 is 0 Å². The van der Waals surface area contributed by atoms with Crippen molar-refractivity contribution in [3.63, 3.8) is 0 Å². The number of hydrogen-bond donors (Lipinski definition) is 0. The number of rotatable bonds is 7. The van der Waals surface area contributed by atoms with Crippen LogP contribution in [0, 0.1) is 0 Å². The molecule has 0 bridgehead atoms. The average molecular weight is 745 g/mol. The maximum Gasteiger partial charge on any atom is 0.0554 e. The summed E-state index contributed by atoms with van der Waals surface area (Å²) in [6.07, 6.45) is 0. The molecule has 268 valence electrons. The zero-order chi connectivity index (χ0) is 37.7. The van der Waals surface area contributed by atoms with E-state index in [2.05, 4.69) is 228 Å². The first-order valence-corrected chi connectivity index (χ1v) is 20.2. The summed E-state index contributed by atoms with van der Waals surface area (Å²) in [6.45, 7) is 0. The van der Waals surface area contributed by atoms with Crippen molar-refractivity contribution in [2.45, 2.75) is 0 Å². The molecule has 0 saturated carbocycles. The summed E-state index contributed by atoms with van der Waals surface area (Å²) in [4.78, 5) is 2.41. The van der Waals surface area contributed by atoms with E-state index in [0.29, 0.717) is 0 Å². The minimum atomic E-state index is 1.12. The molecule has 0 unspecified atom stereocenters. The molecule has 2 nitrogen and oxygen atoms in total. The molecule has 0 radical (unpaired) electrons. The van der Waals surface area contributed by atoms with Crippen molar-refractivity contribution in [3.8, 4) is 39.1 Å². The van der Waals surface area contributed by atoms with Gasteiger partial charge in [0.2, 0.25) is 0 Å². The fourth-order valence-electron chi connectivity index (χ4n) is 8.54. The van der Waals surface area contributed by atoms with Crippen molar-refractivity contribution >= 4 is 70.4 Å². The number of aromatic nitrogens is 1. The highest BCUT2D eigenvalue weighted by molar-refractivity contribution is 7.26. The summed E-state index contributed by atoms with van der Waals surface area (Å²) in [5.74, 6) is 0. The molecule has 9 aromatic carbocycles. The molecular weight excluding hydrogens is 709 g/mol. The molecule has 0 aliphatic carbocycles. The van der Waals surface area contributed by atoms with Crippen LogP contribution in [0.15, 0.2) is 218 Å². The minimum absolute atomic E-state index is 1.12. The summed E-state index contributed by atoms with van der Waals surface area (Å²) in [6, 6.07) is 79.3. The zero-order valence-corrected chi connectivity index (χ0v) is 31.9. The molecule has 0 aliphatic rings. The molecule has 57 heavy (non-hydrogen) atoms. The van der Waals surface area contributed by atoms with Crippen LogP contribution in [0.3, 0.4) is 0 Å². The second-order valence-electron chi connectivity index (χ2n) is 14.5. The van der Waals surface area contributed by atoms with E-state index >= 15 is 0 Å². The van der Waals surface area contributed by atoms with Gasteiger partial charge in [-0.3, -0.25) is 0 Å². The lowest BCUT2D eigenvalue weighted by molar-refractivity contribution is 1.18. The number of thiophene rings is 1. The first-order valence-electron chi connectivity index (χ1n) is 19.4. The molecule has 0 aliphatic heterocycles. The highest BCUT2D eigenvalue weighted by Crippen LogP contribution is 2.45. The van der Waals surface area contributed by atoms with Gasteiger partial charge >= 0.3 is 0 Å². The third kappa shape index (κ3) is 5.71. The first kappa shape index (κ1) is 33.2. The predicted molar refractivity (Wildman–Crippen MR) is 245 cm³/mol. The van der Waals surface area contributed by atoms with Gasteiger partial charge in [-0.15, -0.1) is 11.3 Å². The lowest BCUT2D eigenvalue weighted by atomic mass is 9.98. The van der Waals surface area contributed by atoms with Crippen molar-refractivity contribution in [2.24, 2.45) is 0 Å². The maximum atomic E-state index is 2.41. The van der Waals surface area contributed by atoms with E-state index < -0.39 is 0 Å². The Kier molecular flexibility index (Phi) is 8.04. The van der Waals surface area contributed by atoms with Gasteiger partial charge < -0.3 is 9.47 Å². The Morgan fingerprint density at radius 1 is 0.333 bits per heavy atom. The fourth-order valence-corrected chi connectivity index (χ4v) is 9.67. The lowest BCUT2D eigenvalue weighted by Gasteiger charge is -2.27. The maximum absolute atomic E-state index is 2.41. The highest BCUT2D eigenvalue weighted by atomic mass is 32.1. The third-order valence-corrected chi connectivity index (χ3v) is 12.4. The zero-order valence-electron chi connectivity index (χ0n) is 31.1. The highest BCUT2D eigenvalue weighted by Gasteiger charge is 2.19. The van der Waals surface area contributed by atoms with E-state index in [4.69, 9.17) is 0 Å². The normalized spacial score (nSPS) is 11.5. The predicted octanol–water partition coefficient (Wildman–Crippen LogP) is 15.6. The number of nitrogens with zero attached hydrogens (tertiary/aromatic N) is 2. The molecule has 0 fully saturated rings. The van der Waals surface area contributed by atoms with E-state index in [-0.39, 0.29) is 0 Å². The summed E-state index contributed by atoms with van der Waals surface area (Å²) in [5.41, 5.74) is 14.2.